The zero-order valence-corrected chi connectivity index (χ0v) is 19.8. The normalized spacial score (nSPS) is 20.2. The molecule has 196 valence electrons. The summed E-state index contributed by atoms with van der Waals surface area (Å²) in [5.74, 6) is -2.74. The first kappa shape index (κ1) is 23.9. The van der Waals surface area contributed by atoms with Gasteiger partial charge in [-0.2, -0.15) is 4.98 Å². The smallest absolute Gasteiger partial charge is 0.281 e. The Morgan fingerprint density at radius 1 is 1.24 bits per heavy atom. The largest absolute Gasteiger partial charge is 0.479 e. The lowest BCUT2D eigenvalue weighted by Gasteiger charge is -2.34. The van der Waals surface area contributed by atoms with E-state index in [1.54, 1.807) is 29.3 Å². The van der Waals surface area contributed by atoms with E-state index in [4.69, 9.17) is 9.47 Å². The molecule has 3 aromatic heterocycles. The van der Waals surface area contributed by atoms with E-state index in [9.17, 15) is 17.6 Å². The lowest BCUT2D eigenvalue weighted by Crippen LogP contribution is -2.48. The molecule has 0 bridgehead atoms. The van der Waals surface area contributed by atoms with Gasteiger partial charge in [-0.15, -0.1) is 10.2 Å². The van der Waals surface area contributed by atoms with Crippen molar-refractivity contribution < 1.29 is 27.0 Å². The van der Waals surface area contributed by atoms with E-state index in [0.29, 0.717) is 35.3 Å². The van der Waals surface area contributed by atoms with Crippen molar-refractivity contribution in [1.82, 2.24) is 34.5 Å². The second-order valence-corrected chi connectivity index (χ2v) is 9.24. The first-order chi connectivity index (χ1) is 17.8. The first-order valence-electron chi connectivity index (χ1n) is 11.8. The number of hydrogen-bond acceptors (Lipinski definition) is 8. The highest BCUT2D eigenvalue weighted by atomic mass is 19.3. The highest BCUT2D eigenvalue weighted by molar-refractivity contribution is 5.89. The van der Waals surface area contributed by atoms with Crippen molar-refractivity contribution in [3.05, 3.63) is 30.5 Å². The van der Waals surface area contributed by atoms with Crippen LogP contribution in [0.3, 0.4) is 0 Å². The number of fused-ring (bicyclic) bond motifs is 2. The Labute approximate surface area is 208 Å². The second-order valence-electron chi connectivity index (χ2n) is 9.24. The van der Waals surface area contributed by atoms with E-state index >= 15 is 0 Å². The fraction of sp³-hybridized carbons (Fsp3) is 0.478. The van der Waals surface area contributed by atoms with Gasteiger partial charge in [-0.1, -0.05) is 11.3 Å². The topological polar surface area (TPSA) is 94.6 Å². The summed E-state index contributed by atoms with van der Waals surface area (Å²) in [5, 5.41) is 15.2. The monoisotopic (exact) mass is 520 g/mol. The lowest BCUT2D eigenvalue weighted by molar-refractivity contribution is -0.0711. The zero-order valence-electron chi connectivity index (χ0n) is 19.8. The number of aryl methyl sites for hydroxylation is 1. The molecule has 0 aliphatic carbocycles. The van der Waals surface area contributed by atoms with Gasteiger partial charge in [0.25, 0.3) is 5.92 Å². The number of likely N-dealkylation sites (tertiary alicyclic amines) is 1. The van der Waals surface area contributed by atoms with Gasteiger partial charge in [0.15, 0.2) is 0 Å². The Balaban J connectivity index is 1.31. The van der Waals surface area contributed by atoms with Crippen LogP contribution in [0.25, 0.3) is 27.7 Å². The maximum atomic E-state index is 14.7. The van der Waals surface area contributed by atoms with Crippen molar-refractivity contribution in [2.24, 2.45) is 0 Å². The van der Waals surface area contributed by atoms with Crippen LogP contribution in [0.2, 0.25) is 0 Å². The molecule has 1 atom stereocenters. The minimum atomic E-state index is -2.96. The number of rotatable bonds is 8. The molecule has 0 spiro atoms. The van der Waals surface area contributed by atoms with E-state index in [1.165, 1.54) is 16.3 Å². The van der Waals surface area contributed by atoms with Gasteiger partial charge in [-0.25, -0.2) is 26.8 Å². The summed E-state index contributed by atoms with van der Waals surface area (Å²) < 4.78 is 68.5. The number of nitrogens with zero attached hydrogens (tertiary/aromatic N) is 7. The number of benzene rings is 1. The molecule has 0 saturated carbocycles. The predicted octanol–water partition coefficient (Wildman–Crippen LogP) is 2.94. The molecule has 2 aliphatic rings. The molecule has 0 amide bonds. The molecule has 2 saturated heterocycles. The Hall–Kier alpha value is -3.52. The Kier molecular flexibility index (Phi) is 5.87. The summed E-state index contributed by atoms with van der Waals surface area (Å²) in [6.07, 6.45) is -1.09. The average Bonchev–Trinajstić information content (AvgIpc) is 3.51. The molecule has 6 rings (SSSR count). The van der Waals surface area contributed by atoms with E-state index < -0.39 is 18.4 Å². The first-order valence-corrected chi connectivity index (χ1v) is 11.8. The van der Waals surface area contributed by atoms with Gasteiger partial charge in [0.2, 0.25) is 18.3 Å². The van der Waals surface area contributed by atoms with Gasteiger partial charge in [0.05, 0.1) is 38.4 Å². The van der Waals surface area contributed by atoms with Crippen LogP contribution in [0.5, 0.6) is 5.88 Å². The van der Waals surface area contributed by atoms with Crippen LogP contribution >= 0.6 is 0 Å². The van der Waals surface area contributed by atoms with Crippen LogP contribution in [0, 0.1) is 0 Å². The molecule has 0 radical (unpaired) electrons. The standard InChI is InChI=1S/C23H24F4N8O2/c1-36-21-20-15(13-2-3-16-17(8-13)34(32-30-16)7-5-19(24)25)4-6-35(20)31-22(29-21)28-18-9-33(12-23(18,26)27)14-10-37-11-14/h2-4,6,8,14,18-19H,5,7,9-12H2,1H3,(H,28,31)/t18-/m1/s1. The number of ether oxygens (including phenoxy) is 2. The summed E-state index contributed by atoms with van der Waals surface area (Å²) in [6, 6.07) is 6.03. The van der Waals surface area contributed by atoms with Crippen molar-refractivity contribution in [1.29, 1.82) is 0 Å². The molecule has 4 aromatic rings. The van der Waals surface area contributed by atoms with E-state index in [-0.39, 0.29) is 43.9 Å². The Bertz CT molecular complexity index is 1440. The molecule has 37 heavy (non-hydrogen) atoms. The van der Waals surface area contributed by atoms with Crippen molar-refractivity contribution in [2.45, 2.75) is 37.4 Å². The highest BCUT2D eigenvalue weighted by Crippen LogP contribution is 2.35. The summed E-state index contributed by atoms with van der Waals surface area (Å²) in [4.78, 5) is 6.10. The van der Waals surface area contributed by atoms with Crippen LogP contribution < -0.4 is 10.1 Å². The molecule has 2 aliphatic heterocycles. The third-order valence-corrected chi connectivity index (χ3v) is 6.84. The van der Waals surface area contributed by atoms with Crippen LogP contribution in [0.1, 0.15) is 6.42 Å². The van der Waals surface area contributed by atoms with Gasteiger partial charge in [-0.05, 0) is 23.8 Å². The molecule has 2 fully saturated rings. The van der Waals surface area contributed by atoms with Gasteiger partial charge in [0.1, 0.15) is 17.1 Å². The maximum absolute atomic E-state index is 14.7. The molecular weight excluding hydrogens is 496 g/mol. The SMILES string of the molecule is COc1nc(N[C@@H]2CN(C3COC3)CC2(F)F)nn2ccc(-c3ccc4nnn(CCC(F)F)c4c3)c12. The fourth-order valence-electron chi connectivity index (χ4n) is 4.78. The second kappa shape index (κ2) is 9.10. The predicted molar refractivity (Wildman–Crippen MR) is 125 cm³/mol. The number of alkyl halides is 4. The third kappa shape index (κ3) is 4.33. The van der Waals surface area contributed by atoms with Crippen LogP contribution in [0.15, 0.2) is 30.5 Å². The van der Waals surface area contributed by atoms with E-state index in [1.807, 2.05) is 6.07 Å². The fourth-order valence-corrected chi connectivity index (χ4v) is 4.78. The number of methoxy groups -OCH3 is 1. The van der Waals surface area contributed by atoms with Gasteiger partial charge in [-0.3, -0.25) is 4.90 Å². The van der Waals surface area contributed by atoms with E-state index in [2.05, 4.69) is 25.7 Å². The van der Waals surface area contributed by atoms with Gasteiger partial charge < -0.3 is 14.8 Å². The molecule has 1 N–H and O–H groups in total. The minimum Gasteiger partial charge on any atom is -0.479 e. The van der Waals surface area contributed by atoms with Crippen molar-refractivity contribution in [2.75, 3.05) is 38.7 Å². The molecule has 10 nitrogen and oxygen atoms in total. The third-order valence-electron chi connectivity index (χ3n) is 6.84. The maximum Gasteiger partial charge on any atom is 0.281 e. The van der Waals surface area contributed by atoms with Gasteiger partial charge in [0, 0.05) is 31.3 Å². The number of halogens is 4. The highest BCUT2D eigenvalue weighted by Gasteiger charge is 2.51. The molecule has 0 unspecified atom stereocenters. The summed E-state index contributed by atoms with van der Waals surface area (Å²) in [5.41, 5.74) is 3.19. The van der Waals surface area contributed by atoms with Gasteiger partial charge >= 0.3 is 0 Å². The average molecular weight is 520 g/mol. The summed E-state index contributed by atoms with van der Waals surface area (Å²) in [7, 11) is 1.44. The lowest BCUT2D eigenvalue weighted by atomic mass is 10.1. The number of nitrogens with one attached hydrogen (secondary N) is 1. The quantitative estimate of drug-likeness (QED) is 0.355. The molecular formula is C23H24F4N8O2. The molecule has 14 heteroatoms. The van der Waals surface area contributed by atoms with Crippen molar-refractivity contribution >= 4 is 22.5 Å². The van der Waals surface area contributed by atoms with Crippen LogP contribution in [-0.2, 0) is 11.3 Å². The molecule has 5 heterocycles. The number of anilines is 1. The Morgan fingerprint density at radius 3 is 2.81 bits per heavy atom. The van der Waals surface area contributed by atoms with Crippen LogP contribution in [-0.4, -0.2) is 92.3 Å². The number of hydrogen-bond donors (Lipinski definition) is 1. The summed E-state index contributed by atoms with van der Waals surface area (Å²) >= 11 is 0. The van der Waals surface area contributed by atoms with E-state index in [0.717, 1.165) is 5.56 Å². The Morgan fingerprint density at radius 2 is 2.08 bits per heavy atom. The molecule has 1 aromatic carbocycles. The van der Waals surface area contributed by atoms with Crippen molar-refractivity contribution in [3.8, 4) is 17.0 Å². The zero-order chi connectivity index (χ0) is 25.7. The van der Waals surface area contributed by atoms with Crippen molar-refractivity contribution in [3.63, 3.8) is 0 Å². The minimum absolute atomic E-state index is 0.00170. The summed E-state index contributed by atoms with van der Waals surface area (Å²) in [6.45, 7) is 0.749. The van der Waals surface area contributed by atoms with Crippen LogP contribution in [0.4, 0.5) is 23.5 Å². The number of aromatic nitrogens is 6.